The second kappa shape index (κ2) is 9.65. The summed E-state index contributed by atoms with van der Waals surface area (Å²) < 4.78 is 43.7. The number of rotatable bonds is 4. The van der Waals surface area contributed by atoms with Gasteiger partial charge < -0.3 is 4.90 Å². The molecular weight excluding hydrogens is 547 g/mol. The Labute approximate surface area is 229 Å². The molecule has 3 aliphatic rings. The van der Waals surface area contributed by atoms with Crippen LogP contribution in [0.15, 0.2) is 47.5 Å². The smallest absolute Gasteiger partial charge is 0.255 e. The van der Waals surface area contributed by atoms with Crippen LogP contribution in [-0.2, 0) is 26.2 Å². The molecule has 202 valence electrons. The van der Waals surface area contributed by atoms with Crippen LogP contribution in [0.3, 0.4) is 0 Å². The molecule has 3 aromatic rings. The number of aromatic nitrogens is 1. The number of carbonyl (C=O) groups excluding carboxylic acids is 3. The third-order valence-electron chi connectivity index (χ3n) is 7.87. The number of nitrogens with one attached hydrogen (secondary N) is 1. The van der Waals surface area contributed by atoms with Gasteiger partial charge in [0.1, 0.15) is 17.0 Å². The second-order valence-corrected chi connectivity index (χ2v) is 12.3. The summed E-state index contributed by atoms with van der Waals surface area (Å²) in [6, 6.07) is 8.64. The lowest BCUT2D eigenvalue weighted by Crippen LogP contribution is -2.52. The molecule has 3 amide bonds. The Balaban J connectivity index is 1.20. The fourth-order valence-corrected chi connectivity index (χ4v) is 7.73. The minimum absolute atomic E-state index is 0.139. The molecule has 2 fully saturated rings. The summed E-state index contributed by atoms with van der Waals surface area (Å²) in [6.45, 7) is 0.569. The molecule has 2 saturated heterocycles. The number of hydrogen-bond donors (Lipinski definition) is 1. The minimum Gasteiger partial charge on any atom is -0.322 e. The number of amides is 3. The molecule has 4 heterocycles. The van der Waals surface area contributed by atoms with Gasteiger partial charge in [-0.3, -0.25) is 19.7 Å². The topological polar surface area (TPSA) is 117 Å². The molecule has 39 heavy (non-hydrogen) atoms. The fraction of sp³-hybridized carbons (Fsp3) is 0.333. The highest BCUT2D eigenvalue weighted by atomic mass is 35.5. The van der Waals surface area contributed by atoms with Gasteiger partial charge in [0.25, 0.3) is 5.91 Å². The number of hydrogen-bond acceptors (Lipinski definition) is 6. The number of fused-ring (bicyclic) bond motifs is 2. The predicted molar refractivity (Wildman–Crippen MR) is 140 cm³/mol. The number of halogens is 2. The average Bonchev–Trinajstić information content (AvgIpc) is 3.23. The Morgan fingerprint density at radius 3 is 2.54 bits per heavy atom. The monoisotopic (exact) mass is 570 g/mol. The van der Waals surface area contributed by atoms with Gasteiger partial charge in [0.2, 0.25) is 21.8 Å². The van der Waals surface area contributed by atoms with E-state index in [4.69, 9.17) is 11.6 Å². The SMILES string of the molecule is O=C1CCC(N2Cc3cc(C4CCN(S(=O)(=O)c5cccc6c(Cl)nccc56)CC4)c(F)cc3C2=O)C(=O)N1. The summed E-state index contributed by atoms with van der Waals surface area (Å²) in [4.78, 5) is 42.3. The van der Waals surface area contributed by atoms with Gasteiger partial charge in [-0.25, -0.2) is 17.8 Å². The average molecular weight is 571 g/mol. The molecule has 0 saturated carbocycles. The van der Waals surface area contributed by atoms with Crippen molar-refractivity contribution in [2.45, 2.75) is 49.1 Å². The summed E-state index contributed by atoms with van der Waals surface area (Å²) in [7, 11) is -3.83. The highest BCUT2D eigenvalue weighted by Crippen LogP contribution is 2.37. The van der Waals surface area contributed by atoms with E-state index in [0.717, 1.165) is 0 Å². The summed E-state index contributed by atoms with van der Waals surface area (Å²) in [5.74, 6) is -2.08. The molecule has 9 nitrogen and oxygen atoms in total. The maximum atomic E-state index is 15.3. The zero-order valence-electron chi connectivity index (χ0n) is 20.7. The van der Waals surface area contributed by atoms with Crippen molar-refractivity contribution in [2.75, 3.05) is 13.1 Å². The standard InChI is InChI=1S/C27H24ClFN4O5S/c28-25-18-2-1-3-23(17(18)6-9-30-25)39(37,38)32-10-7-15(8-11-32)19-12-16-14-33(27(36)20(16)13-21(19)29)22-4-5-24(34)31-26(22)35/h1-3,6,9,12-13,15,22H,4-5,7-8,10-11,14H2,(H,31,34,35). The van der Waals surface area contributed by atoms with E-state index in [1.165, 1.54) is 21.5 Å². The van der Waals surface area contributed by atoms with E-state index in [2.05, 4.69) is 10.3 Å². The second-order valence-electron chi connectivity index (χ2n) is 10.1. The zero-order valence-corrected chi connectivity index (χ0v) is 22.3. The van der Waals surface area contributed by atoms with Crippen molar-refractivity contribution in [2.24, 2.45) is 0 Å². The van der Waals surface area contributed by atoms with Crippen LogP contribution in [0.25, 0.3) is 10.8 Å². The van der Waals surface area contributed by atoms with E-state index in [0.29, 0.717) is 34.7 Å². The minimum atomic E-state index is -3.83. The molecule has 6 rings (SSSR count). The first-order valence-electron chi connectivity index (χ1n) is 12.7. The Bertz CT molecular complexity index is 1660. The fourth-order valence-electron chi connectivity index (χ4n) is 5.83. The molecule has 1 atom stereocenters. The number of sulfonamides is 1. The Hall–Kier alpha value is -3.41. The van der Waals surface area contributed by atoms with Crippen LogP contribution in [-0.4, -0.2) is 59.5 Å². The molecule has 1 aromatic heterocycles. The van der Waals surface area contributed by atoms with Crippen molar-refractivity contribution < 1.29 is 27.2 Å². The lowest BCUT2D eigenvalue weighted by atomic mass is 9.88. The third kappa shape index (κ3) is 4.38. The van der Waals surface area contributed by atoms with E-state index in [-0.39, 0.29) is 59.9 Å². The van der Waals surface area contributed by atoms with Gasteiger partial charge in [0.05, 0.1) is 4.90 Å². The Morgan fingerprint density at radius 1 is 1.03 bits per heavy atom. The molecule has 1 N–H and O–H groups in total. The molecule has 12 heteroatoms. The number of carbonyl (C=O) groups is 3. The van der Waals surface area contributed by atoms with Crippen LogP contribution in [0.4, 0.5) is 4.39 Å². The summed E-state index contributed by atoms with van der Waals surface area (Å²) in [6.07, 6.45) is 2.66. The molecule has 1 unspecified atom stereocenters. The molecule has 0 radical (unpaired) electrons. The van der Waals surface area contributed by atoms with E-state index in [9.17, 15) is 22.8 Å². The largest absolute Gasteiger partial charge is 0.322 e. The van der Waals surface area contributed by atoms with Crippen LogP contribution in [0.5, 0.6) is 0 Å². The maximum absolute atomic E-state index is 15.3. The zero-order chi connectivity index (χ0) is 27.5. The van der Waals surface area contributed by atoms with Crippen LogP contribution >= 0.6 is 11.6 Å². The van der Waals surface area contributed by atoms with Crippen molar-refractivity contribution in [1.29, 1.82) is 0 Å². The first kappa shape index (κ1) is 25.8. The third-order valence-corrected chi connectivity index (χ3v) is 10.1. The van der Waals surface area contributed by atoms with Crippen molar-refractivity contribution in [3.05, 3.63) is 70.3 Å². The number of benzene rings is 2. The number of piperidine rings is 2. The first-order chi connectivity index (χ1) is 18.6. The number of nitrogens with zero attached hydrogens (tertiary/aromatic N) is 3. The lowest BCUT2D eigenvalue weighted by Gasteiger charge is -2.32. The highest BCUT2D eigenvalue weighted by molar-refractivity contribution is 7.89. The molecule has 0 spiro atoms. The molecular formula is C27H24ClFN4O5S. The van der Waals surface area contributed by atoms with Gasteiger partial charge in [0.15, 0.2) is 0 Å². The molecule has 2 aromatic carbocycles. The normalized spacial score (nSPS) is 20.9. The lowest BCUT2D eigenvalue weighted by molar-refractivity contribution is -0.136. The Kier molecular flexibility index (Phi) is 6.40. The van der Waals surface area contributed by atoms with Gasteiger partial charge in [-0.05, 0) is 54.5 Å². The molecule has 0 bridgehead atoms. The van der Waals surface area contributed by atoms with Crippen LogP contribution < -0.4 is 5.32 Å². The Morgan fingerprint density at radius 2 is 1.79 bits per heavy atom. The van der Waals surface area contributed by atoms with Crippen molar-refractivity contribution >= 4 is 50.1 Å². The molecule has 3 aliphatic heterocycles. The molecule has 0 aliphatic carbocycles. The van der Waals surface area contributed by atoms with Gasteiger partial charge in [-0.1, -0.05) is 29.8 Å². The number of imide groups is 1. The summed E-state index contributed by atoms with van der Waals surface area (Å²) >= 11 is 6.17. The van der Waals surface area contributed by atoms with Crippen LogP contribution in [0.1, 0.15) is 53.1 Å². The first-order valence-corrected chi connectivity index (χ1v) is 14.5. The van der Waals surface area contributed by atoms with Crippen molar-refractivity contribution in [1.82, 2.24) is 19.5 Å². The van der Waals surface area contributed by atoms with Crippen molar-refractivity contribution in [3.8, 4) is 0 Å². The maximum Gasteiger partial charge on any atom is 0.255 e. The number of pyridine rings is 1. The van der Waals surface area contributed by atoms with E-state index in [1.54, 1.807) is 30.3 Å². The van der Waals surface area contributed by atoms with Gasteiger partial charge in [-0.15, -0.1) is 0 Å². The predicted octanol–water partition coefficient (Wildman–Crippen LogP) is 3.36. The van der Waals surface area contributed by atoms with Gasteiger partial charge in [-0.2, -0.15) is 4.31 Å². The summed E-state index contributed by atoms with van der Waals surface area (Å²) in [5.41, 5.74) is 1.27. The van der Waals surface area contributed by atoms with E-state index in [1.807, 2.05) is 0 Å². The van der Waals surface area contributed by atoms with Crippen molar-refractivity contribution in [3.63, 3.8) is 0 Å². The summed E-state index contributed by atoms with van der Waals surface area (Å²) in [5, 5.41) is 3.53. The quantitative estimate of drug-likeness (QED) is 0.380. The van der Waals surface area contributed by atoms with E-state index >= 15 is 4.39 Å². The van der Waals surface area contributed by atoms with Gasteiger partial charge in [0, 0.05) is 48.6 Å². The highest BCUT2D eigenvalue weighted by Gasteiger charge is 2.40. The van der Waals surface area contributed by atoms with Crippen LogP contribution in [0.2, 0.25) is 5.15 Å². The van der Waals surface area contributed by atoms with E-state index < -0.39 is 33.7 Å². The van der Waals surface area contributed by atoms with Gasteiger partial charge >= 0.3 is 0 Å². The van der Waals surface area contributed by atoms with Crippen LogP contribution in [0, 0.1) is 5.82 Å².